The first kappa shape index (κ1) is 17.9. The number of hydrogen-bond donors (Lipinski definition) is 1. The number of alkyl halides is 2. The second-order valence-electron chi connectivity index (χ2n) is 5.78. The van der Waals surface area contributed by atoms with Crippen molar-refractivity contribution in [2.24, 2.45) is 0 Å². The van der Waals surface area contributed by atoms with Crippen LogP contribution in [0.5, 0.6) is 0 Å². The zero-order chi connectivity index (χ0) is 15.8. The molecule has 11 heteroatoms. The second-order valence-corrected chi connectivity index (χ2v) is 14.9. The molecule has 1 rings (SSSR count). The predicted molar refractivity (Wildman–Crippen MR) is 74.7 cm³/mol. The van der Waals surface area contributed by atoms with Crippen LogP contribution in [-0.2, 0) is 20.0 Å². The molecule has 0 bridgehead atoms. The first-order valence-electron chi connectivity index (χ1n) is 6.22. The molecule has 1 saturated heterocycles. The molecule has 0 aromatic rings. The zero-order valence-electron chi connectivity index (χ0n) is 11.7. The van der Waals surface area contributed by atoms with Gasteiger partial charge in [-0.25, -0.2) is 21.2 Å². The van der Waals surface area contributed by atoms with Crippen molar-refractivity contribution in [3.05, 3.63) is 0 Å². The van der Waals surface area contributed by atoms with Gasteiger partial charge >= 0.3 is 4.59 Å². The van der Waals surface area contributed by atoms with Gasteiger partial charge < -0.3 is 0 Å². The van der Waals surface area contributed by atoms with Crippen molar-refractivity contribution in [3.63, 3.8) is 0 Å². The third-order valence-corrected chi connectivity index (χ3v) is 9.79. The summed E-state index contributed by atoms with van der Waals surface area (Å²) < 4.78 is 72.9. The fraction of sp³-hybridized carbons (Fsp3) is 1.00. The molecule has 0 aromatic carbocycles. The van der Waals surface area contributed by atoms with Crippen molar-refractivity contribution >= 4 is 28.3 Å². The lowest BCUT2D eigenvalue weighted by atomic mass is 10.2. The van der Waals surface area contributed by atoms with Crippen LogP contribution in [-0.4, -0.2) is 47.1 Å². The number of halogens is 2. The Hall–Kier alpha value is -0.103. The van der Waals surface area contributed by atoms with E-state index in [1.165, 1.54) is 19.6 Å². The van der Waals surface area contributed by atoms with Gasteiger partial charge in [0, 0.05) is 13.1 Å². The molecule has 1 fully saturated rings. The molecule has 120 valence electrons. The van der Waals surface area contributed by atoms with Crippen molar-refractivity contribution in [3.8, 4) is 0 Å². The third kappa shape index (κ3) is 3.56. The number of hydrogen-bond acceptors (Lipinski definition) is 4. The number of sulfonamides is 2. The minimum absolute atomic E-state index is 0.0691. The summed E-state index contributed by atoms with van der Waals surface area (Å²) in [5.41, 5.74) is 0. The van der Waals surface area contributed by atoms with Gasteiger partial charge in [0.2, 0.25) is 0 Å². The van der Waals surface area contributed by atoms with Crippen LogP contribution in [0.3, 0.4) is 0 Å². The van der Waals surface area contributed by atoms with Crippen molar-refractivity contribution in [1.29, 1.82) is 0 Å². The van der Waals surface area contributed by atoms with Crippen LogP contribution in [0.15, 0.2) is 0 Å². The van der Waals surface area contributed by atoms with Crippen molar-refractivity contribution in [2.45, 2.75) is 43.5 Å². The Morgan fingerprint density at radius 2 is 1.45 bits per heavy atom. The van der Waals surface area contributed by atoms with Crippen LogP contribution in [0.2, 0.25) is 19.6 Å². The summed E-state index contributed by atoms with van der Waals surface area (Å²) in [6.07, 6.45) is 1.66. The van der Waals surface area contributed by atoms with E-state index in [1.54, 1.807) is 0 Å². The molecule has 1 aliphatic heterocycles. The van der Waals surface area contributed by atoms with Crippen LogP contribution in [0, 0.1) is 0 Å². The van der Waals surface area contributed by atoms with Gasteiger partial charge in [0.05, 0.1) is 0 Å². The van der Waals surface area contributed by atoms with Crippen molar-refractivity contribution in [1.82, 2.24) is 8.69 Å². The maximum Gasteiger partial charge on any atom is 0.472 e. The van der Waals surface area contributed by atoms with E-state index in [2.05, 4.69) is 0 Å². The second kappa shape index (κ2) is 5.59. The number of piperidine rings is 1. The number of nitrogens with zero attached hydrogens (tertiary/aromatic N) is 1. The lowest BCUT2D eigenvalue weighted by molar-refractivity contribution is 0.164. The van der Waals surface area contributed by atoms with E-state index in [-0.39, 0.29) is 13.1 Å². The highest BCUT2D eigenvalue weighted by molar-refractivity contribution is 8.08. The SMILES string of the molecule is C[Si](C)(C)NS(=O)(=O)C(F)(F)S(=O)(=O)N1CCCCC1. The van der Waals surface area contributed by atoms with E-state index in [9.17, 15) is 25.6 Å². The molecule has 6 nitrogen and oxygen atoms in total. The summed E-state index contributed by atoms with van der Waals surface area (Å²) >= 11 is 0. The Morgan fingerprint density at radius 1 is 1.00 bits per heavy atom. The van der Waals surface area contributed by atoms with Crippen LogP contribution >= 0.6 is 0 Å². The van der Waals surface area contributed by atoms with E-state index in [0.717, 1.165) is 6.42 Å². The predicted octanol–water partition coefficient (Wildman–Crippen LogP) is 1.11. The summed E-state index contributed by atoms with van der Waals surface area (Å²) in [5, 5.41) is 0. The largest absolute Gasteiger partial charge is 0.472 e. The van der Waals surface area contributed by atoms with Gasteiger partial charge in [-0.3, -0.25) is 0 Å². The Morgan fingerprint density at radius 3 is 1.85 bits per heavy atom. The summed E-state index contributed by atoms with van der Waals surface area (Å²) in [6, 6.07) is 0. The highest BCUT2D eigenvalue weighted by Crippen LogP contribution is 2.33. The molecule has 0 aromatic heterocycles. The normalized spacial score (nSPS) is 20.1. The minimum Gasteiger partial charge on any atom is -0.231 e. The van der Waals surface area contributed by atoms with Crippen LogP contribution < -0.4 is 4.39 Å². The Balaban J connectivity index is 3.14. The smallest absolute Gasteiger partial charge is 0.231 e. The summed E-state index contributed by atoms with van der Waals surface area (Å²) in [4.78, 5) is 0. The van der Waals surface area contributed by atoms with Gasteiger partial charge in [-0.2, -0.15) is 13.1 Å². The molecule has 20 heavy (non-hydrogen) atoms. The summed E-state index contributed by atoms with van der Waals surface area (Å²) in [5.74, 6) is 0. The average molecular weight is 350 g/mol. The monoisotopic (exact) mass is 350 g/mol. The number of nitrogens with one attached hydrogen (secondary N) is 1. The molecule has 0 radical (unpaired) electrons. The quantitative estimate of drug-likeness (QED) is 0.753. The highest BCUT2D eigenvalue weighted by atomic mass is 32.3. The molecule has 1 aliphatic rings. The summed E-state index contributed by atoms with van der Waals surface area (Å²) in [6.45, 7) is 4.34. The molecule has 0 aliphatic carbocycles. The molecule has 0 atom stereocenters. The third-order valence-electron chi connectivity index (χ3n) is 2.71. The molecule has 0 spiro atoms. The Labute approximate surface area is 119 Å². The summed E-state index contributed by atoms with van der Waals surface area (Å²) in [7, 11) is -13.1. The molecule has 0 unspecified atom stereocenters. The zero-order valence-corrected chi connectivity index (χ0v) is 14.3. The van der Waals surface area contributed by atoms with Gasteiger partial charge in [-0.15, -0.1) is 0 Å². The van der Waals surface area contributed by atoms with E-state index < -0.39 is 32.9 Å². The van der Waals surface area contributed by atoms with Gasteiger partial charge in [-0.1, -0.05) is 26.1 Å². The lowest BCUT2D eigenvalue weighted by Gasteiger charge is -2.30. The molecule has 1 N–H and O–H groups in total. The fourth-order valence-corrected chi connectivity index (χ4v) is 8.40. The van der Waals surface area contributed by atoms with Crippen LogP contribution in [0.4, 0.5) is 8.78 Å². The van der Waals surface area contributed by atoms with Gasteiger partial charge in [0.1, 0.15) is 8.24 Å². The Kier molecular flexibility index (Phi) is 5.02. The maximum atomic E-state index is 14.0. The van der Waals surface area contributed by atoms with Crippen molar-refractivity contribution in [2.75, 3.05) is 13.1 Å². The standard InChI is InChI=1S/C9H20F2N2O4S2Si/c1-20(2,3)12-18(14,15)9(10,11)19(16,17)13-7-5-4-6-8-13/h12H,4-8H2,1-3H3. The van der Waals surface area contributed by atoms with Crippen LogP contribution in [0.1, 0.15) is 19.3 Å². The molecule has 1 heterocycles. The topological polar surface area (TPSA) is 83.5 Å². The van der Waals surface area contributed by atoms with E-state index in [1.807, 2.05) is 4.39 Å². The van der Waals surface area contributed by atoms with E-state index in [4.69, 9.17) is 0 Å². The average Bonchev–Trinajstić information content (AvgIpc) is 2.26. The highest BCUT2D eigenvalue weighted by Gasteiger charge is 2.60. The van der Waals surface area contributed by atoms with Gasteiger partial charge in [0.25, 0.3) is 20.0 Å². The lowest BCUT2D eigenvalue weighted by Crippen LogP contribution is -2.57. The van der Waals surface area contributed by atoms with Gasteiger partial charge in [-0.05, 0) is 12.8 Å². The first-order chi connectivity index (χ1) is 8.81. The van der Waals surface area contributed by atoms with Gasteiger partial charge in [0.15, 0.2) is 0 Å². The first-order valence-corrected chi connectivity index (χ1v) is 12.6. The van der Waals surface area contributed by atoms with Crippen molar-refractivity contribution < 1.29 is 25.6 Å². The molecular formula is C9H20F2N2O4S2Si. The van der Waals surface area contributed by atoms with Crippen LogP contribution in [0.25, 0.3) is 0 Å². The molecular weight excluding hydrogens is 330 g/mol. The Bertz CT molecular complexity index is 551. The van der Waals surface area contributed by atoms with E-state index in [0.29, 0.717) is 17.1 Å². The maximum absolute atomic E-state index is 14.0. The number of rotatable bonds is 5. The molecule has 0 saturated carbocycles. The minimum atomic E-state index is -5.28. The van der Waals surface area contributed by atoms with E-state index >= 15 is 0 Å². The molecule has 0 amide bonds. The fourth-order valence-electron chi connectivity index (χ4n) is 1.86.